The van der Waals surface area contributed by atoms with Crippen LogP contribution in [-0.4, -0.2) is 69.4 Å². The molecule has 5 aliphatic rings. The zero-order valence-corrected chi connectivity index (χ0v) is 29.2. The van der Waals surface area contributed by atoms with E-state index in [1.807, 2.05) is 0 Å². The molecule has 8 nitrogen and oxygen atoms in total. The predicted molar refractivity (Wildman–Crippen MR) is 187 cm³/mol. The summed E-state index contributed by atoms with van der Waals surface area (Å²) in [4.78, 5) is 12.0. The van der Waals surface area contributed by atoms with E-state index in [0.29, 0.717) is 30.2 Å². The number of carbonyl (C=O) groups is 1. The van der Waals surface area contributed by atoms with Crippen molar-refractivity contribution in [1.82, 2.24) is 16.0 Å². The molecule has 0 aromatic heterocycles. The number of aliphatic hydroxyl groups excluding tert-OH is 1. The van der Waals surface area contributed by atoms with E-state index >= 15 is 0 Å². The van der Waals surface area contributed by atoms with Crippen LogP contribution in [0.25, 0.3) is 0 Å². The van der Waals surface area contributed by atoms with Gasteiger partial charge in [-0.2, -0.15) is 0 Å². The van der Waals surface area contributed by atoms with Crippen LogP contribution in [0.2, 0.25) is 0 Å². The third-order valence-corrected chi connectivity index (χ3v) is 13.5. The molecule has 2 saturated heterocycles. The minimum atomic E-state index is -1.28. The summed E-state index contributed by atoms with van der Waals surface area (Å²) in [5.74, 6) is 1.02. The number of nitrogens with one attached hydrogen (secondary N) is 3. The van der Waals surface area contributed by atoms with E-state index in [4.69, 9.17) is 5.73 Å². The number of carboxylic acids is 1. The lowest BCUT2D eigenvalue weighted by atomic mass is 9.65. The normalized spacial score (nSPS) is 41.8. The Bertz CT molecular complexity index is 1210. The Morgan fingerprint density at radius 2 is 1.66 bits per heavy atom. The number of carboxylic acid groups (broad SMARTS) is 1. The van der Waals surface area contributed by atoms with E-state index in [1.54, 1.807) is 0 Å². The van der Waals surface area contributed by atoms with Gasteiger partial charge in [-0.05, 0) is 144 Å². The van der Waals surface area contributed by atoms with Crippen LogP contribution in [0.1, 0.15) is 128 Å². The Labute approximate surface area is 283 Å². The topological polar surface area (TPSA) is 140 Å². The van der Waals surface area contributed by atoms with E-state index in [-0.39, 0.29) is 48.3 Å². The molecule has 8 heteroatoms. The number of aliphatic hydroxyl groups is 2. The second kappa shape index (κ2) is 14.7. The molecule has 4 bridgehead atoms. The quantitative estimate of drug-likeness (QED) is 0.241. The van der Waals surface area contributed by atoms with Crippen LogP contribution < -0.4 is 21.7 Å². The standard InChI is InChI=1S/C39H64N4O4/c1-26-34(44)11-10-33(42-26)30-9-8-29-12-15-38(13-3-4-14-38)16-17-39(47,24-36(45)46)25-41-37(2)22-32(43-35(40)23-37)20-28-7-5-6-27(18-28)19-31(29)21-30/h5-7,18,26,29-35,41-44,47H,3-4,8-17,19-25,40H2,1-2H3,(H,45,46)/t26-,29+,30+,31+,32+,33+,34-,35+,37+,39-/m1/s1. The summed E-state index contributed by atoms with van der Waals surface area (Å²) in [6.45, 7) is 4.60. The molecule has 1 aromatic carbocycles. The lowest BCUT2D eigenvalue weighted by Gasteiger charge is -2.45. The molecule has 3 heterocycles. The monoisotopic (exact) mass is 652 g/mol. The number of nitrogens with two attached hydrogens (primary N) is 1. The van der Waals surface area contributed by atoms with E-state index in [9.17, 15) is 20.1 Å². The molecule has 1 aromatic rings. The summed E-state index contributed by atoms with van der Waals surface area (Å²) in [6.07, 6.45) is 17.4. The SMILES string of the molecule is C[C@H]1N[C@H]([C@H]2CC[C@H]3CCC4(CCCC4)CC[C@@](O)(CC(=O)O)CN[C@@]4(C)C[C@H](Cc5cccc(c5)C[C@H]3C2)N[C@H](N)C4)CC[C@H]1O. The molecule has 0 radical (unpaired) electrons. The smallest absolute Gasteiger partial charge is 0.306 e. The predicted octanol–water partition coefficient (Wildman–Crippen LogP) is 5.03. The zero-order chi connectivity index (χ0) is 33.2. The molecular weight excluding hydrogens is 588 g/mol. The highest BCUT2D eigenvalue weighted by Crippen LogP contribution is 2.50. The molecule has 2 saturated carbocycles. The van der Waals surface area contributed by atoms with Crippen LogP contribution in [0.3, 0.4) is 0 Å². The van der Waals surface area contributed by atoms with Crippen LogP contribution in [0.4, 0.5) is 0 Å². The first-order chi connectivity index (χ1) is 22.4. The fourth-order valence-electron chi connectivity index (χ4n) is 10.8. The largest absolute Gasteiger partial charge is 0.481 e. The number of piperidine rings is 2. The maximum atomic E-state index is 12.0. The highest BCUT2D eigenvalue weighted by molar-refractivity contribution is 5.68. The Morgan fingerprint density at radius 3 is 2.40 bits per heavy atom. The van der Waals surface area contributed by atoms with Crippen LogP contribution in [0.15, 0.2) is 24.3 Å². The Hall–Kier alpha value is -1.55. The molecule has 264 valence electrons. The van der Waals surface area contributed by atoms with Gasteiger partial charge in [0.2, 0.25) is 0 Å². The minimum absolute atomic E-state index is 0.161. The Morgan fingerprint density at radius 1 is 0.915 bits per heavy atom. The molecule has 6 rings (SSSR count). The van der Waals surface area contributed by atoms with E-state index in [0.717, 1.165) is 44.9 Å². The number of rotatable bonds is 3. The third-order valence-electron chi connectivity index (χ3n) is 13.5. The molecule has 47 heavy (non-hydrogen) atoms. The van der Waals surface area contributed by atoms with Gasteiger partial charge in [-0.25, -0.2) is 0 Å². The molecule has 0 unspecified atom stereocenters. The van der Waals surface area contributed by atoms with Crippen molar-refractivity contribution < 1.29 is 20.1 Å². The second-order valence-corrected chi connectivity index (χ2v) is 17.4. The van der Waals surface area contributed by atoms with Gasteiger partial charge in [0.15, 0.2) is 0 Å². The van der Waals surface area contributed by atoms with Gasteiger partial charge in [-0.15, -0.1) is 0 Å². The van der Waals surface area contributed by atoms with Crippen molar-refractivity contribution in [3.8, 4) is 0 Å². The van der Waals surface area contributed by atoms with Crippen molar-refractivity contribution in [2.24, 2.45) is 28.9 Å². The maximum absolute atomic E-state index is 12.0. The summed E-state index contributed by atoms with van der Waals surface area (Å²) in [7, 11) is 0. The van der Waals surface area contributed by atoms with Crippen LogP contribution in [0.5, 0.6) is 0 Å². The van der Waals surface area contributed by atoms with Crippen LogP contribution >= 0.6 is 0 Å². The van der Waals surface area contributed by atoms with E-state index in [2.05, 4.69) is 54.1 Å². The summed E-state index contributed by atoms with van der Waals surface area (Å²) >= 11 is 0. The number of benzene rings is 1. The van der Waals surface area contributed by atoms with Gasteiger partial charge < -0.3 is 31.7 Å². The number of fused-ring (bicyclic) bond motifs is 5. The van der Waals surface area contributed by atoms with Gasteiger partial charge >= 0.3 is 5.97 Å². The van der Waals surface area contributed by atoms with Gasteiger partial charge in [0.1, 0.15) is 0 Å². The lowest BCUT2D eigenvalue weighted by Crippen LogP contribution is -2.63. The van der Waals surface area contributed by atoms with Gasteiger partial charge in [-0.3, -0.25) is 10.1 Å². The van der Waals surface area contributed by atoms with Gasteiger partial charge in [0.25, 0.3) is 0 Å². The Kier molecular flexibility index (Phi) is 11.1. The van der Waals surface area contributed by atoms with Gasteiger partial charge in [-0.1, -0.05) is 37.1 Å². The van der Waals surface area contributed by atoms with E-state index in [1.165, 1.54) is 68.9 Å². The first-order valence-corrected chi connectivity index (χ1v) is 19.1. The highest BCUT2D eigenvalue weighted by atomic mass is 16.4. The van der Waals surface area contributed by atoms with Crippen molar-refractivity contribution in [3.05, 3.63) is 35.4 Å². The molecular formula is C39H64N4O4. The molecule has 1 spiro atoms. The average Bonchev–Trinajstić information content (AvgIpc) is 3.48. The summed E-state index contributed by atoms with van der Waals surface area (Å²) in [6, 6.07) is 10.1. The minimum Gasteiger partial charge on any atom is -0.481 e. The fraction of sp³-hybridized carbons (Fsp3) is 0.821. The fourth-order valence-corrected chi connectivity index (χ4v) is 10.8. The number of hydrogen-bond acceptors (Lipinski definition) is 7. The highest BCUT2D eigenvalue weighted by Gasteiger charge is 2.43. The average molecular weight is 653 g/mol. The zero-order valence-electron chi connectivity index (χ0n) is 29.2. The third kappa shape index (κ3) is 8.98. The number of hydrogen-bond donors (Lipinski definition) is 7. The summed E-state index contributed by atoms with van der Waals surface area (Å²) in [5.41, 5.74) is 7.99. The van der Waals surface area contributed by atoms with Crippen LogP contribution in [-0.2, 0) is 17.6 Å². The van der Waals surface area contributed by atoms with E-state index < -0.39 is 11.6 Å². The van der Waals surface area contributed by atoms with Crippen molar-refractivity contribution >= 4 is 5.97 Å². The lowest BCUT2D eigenvalue weighted by molar-refractivity contribution is -0.143. The Balaban J connectivity index is 1.28. The molecule has 3 aliphatic heterocycles. The summed E-state index contributed by atoms with van der Waals surface area (Å²) in [5, 5.41) is 43.3. The maximum Gasteiger partial charge on any atom is 0.306 e. The first-order valence-electron chi connectivity index (χ1n) is 19.1. The second-order valence-electron chi connectivity index (χ2n) is 17.4. The van der Waals surface area contributed by atoms with Crippen molar-refractivity contribution in [1.29, 1.82) is 0 Å². The first kappa shape index (κ1) is 35.3. The van der Waals surface area contributed by atoms with Gasteiger partial charge in [0, 0.05) is 30.2 Å². The van der Waals surface area contributed by atoms with Crippen molar-refractivity contribution in [2.45, 2.75) is 171 Å². The van der Waals surface area contributed by atoms with Gasteiger partial charge in [0.05, 0.1) is 24.3 Å². The molecule has 2 aliphatic carbocycles. The van der Waals surface area contributed by atoms with Crippen molar-refractivity contribution in [3.63, 3.8) is 0 Å². The number of β-amino-alcohol motifs (C(OH)–C–C–N with tert-alkyl or cyclic N) is 1. The molecule has 8 N–H and O–H groups in total. The van der Waals surface area contributed by atoms with Crippen LogP contribution in [0, 0.1) is 23.2 Å². The molecule has 10 atom stereocenters. The summed E-state index contributed by atoms with van der Waals surface area (Å²) < 4.78 is 0. The van der Waals surface area contributed by atoms with Crippen molar-refractivity contribution in [2.75, 3.05) is 6.54 Å². The molecule has 0 amide bonds. The number of aliphatic carboxylic acids is 1. The molecule has 4 fully saturated rings.